The normalized spacial score (nSPS) is 21.1. The lowest BCUT2D eigenvalue weighted by Crippen LogP contribution is -2.34. The number of carbonyl (C=O) groups is 1. The Morgan fingerprint density at radius 2 is 1.56 bits per heavy atom. The van der Waals surface area contributed by atoms with Gasteiger partial charge < -0.3 is 5.11 Å². The summed E-state index contributed by atoms with van der Waals surface area (Å²) in [6, 6.07) is 3.22. The highest BCUT2D eigenvalue weighted by molar-refractivity contribution is 5.81. The van der Waals surface area contributed by atoms with Crippen LogP contribution in [0, 0.1) is 0 Å². The molecule has 0 amide bonds. The molecule has 0 radical (unpaired) electrons. The van der Waals surface area contributed by atoms with E-state index in [1.54, 1.807) is 19.1 Å². The molecule has 2 aliphatic rings. The van der Waals surface area contributed by atoms with Crippen LogP contribution in [0.5, 0.6) is 0 Å². The van der Waals surface area contributed by atoms with E-state index in [0.717, 1.165) is 54.0 Å². The van der Waals surface area contributed by atoms with Crippen molar-refractivity contribution in [3.05, 3.63) is 63.8 Å². The molecule has 2 aliphatic carbocycles. The lowest BCUT2D eigenvalue weighted by molar-refractivity contribution is -0.138. The van der Waals surface area contributed by atoms with Crippen LogP contribution in [0.2, 0.25) is 0 Å². The molecule has 0 atom stereocenters. The fraction of sp³-hybridized carbons (Fsp3) is 0.519. The van der Waals surface area contributed by atoms with Crippen molar-refractivity contribution in [1.82, 2.24) is 0 Å². The molecule has 0 aliphatic heterocycles. The van der Waals surface area contributed by atoms with Crippen molar-refractivity contribution in [2.75, 3.05) is 0 Å². The Kier molecular flexibility index (Phi) is 6.52. The summed E-state index contributed by atoms with van der Waals surface area (Å²) in [5.41, 5.74) is 3.24. The summed E-state index contributed by atoms with van der Waals surface area (Å²) in [6.45, 7) is 9.99. The molecule has 1 aromatic rings. The molecule has 0 aromatic heterocycles. The Morgan fingerprint density at radius 1 is 1.00 bits per heavy atom. The first-order chi connectivity index (χ1) is 14.7. The molecule has 1 aromatic carbocycles. The minimum Gasteiger partial charge on any atom is -0.478 e. The first-order valence-corrected chi connectivity index (χ1v) is 11.3. The van der Waals surface area contributed by atoms with Gasteiger partial charge in [-0.2, -0.15) is 13.2 Å². The first-order valence-electron chi connectivity index (χ1n) is 11.3. The van der Waals surface area contributed by atoms with Gasteiger partial charge in [-0.1, -0.05) is 45.9 Å². The molecule has 0 heterocycles. The maximum absolute atomic E-state index is 14.3. The van der Waals surface area contributed by atoms with Crippen LogP contribution in [0.25, 0.3) is 5.57 Å². The summed E-state index contributed by atoms with van der Waals surface area (Å²) in [5.74, 6) is -1.04. The van der Waals surface area contributed by atoms with E-state index in [-0.39, 0.29) is 10.8 Å². The molecule has 0 spiro atoms. The summed E-state index contributed by atoms with van der Waals surface area (Å²) in [6.07, 6.45) is 4.98. The lowest BCUT2D eigenvalue weighted by Gasteiger charge is -2.43. The smallest absolute Gasteiger partial charge is 0.417 e. The number of aliphatic carboxylic acids is 1. The van der Waals surface area contributed by atoms with Crippen LogP contribution in [-0.2, 0) is 21.8 Å². The number of carboxylic acids is 1. The zero-order valence-corrected chi connectivity index (χ0v) is 19.6. The van der Waals surface area contributed by atoms with Gasteiger partial charge in [0, 0.05) is 6.08 Å². The zero-order valence-electron chi connectivity index (χ0n) is 19.6. The van der Waals surface area contributed by atoms with Crippen molar-refractivity contribution in [2.24, 2.45) is 0 Å². The fourth-order valence-corrected chi connectivity index (χ4v) is 4.99. The van der Waals surface area contributed by atoms with Crippen molar-refractivity contribution in [2.45, 2.75) is 90.1 Å². The predicted octanol–water partition coefficient (Wildman–Crippen LogP) is 7.97. The molecule has 32 heavy (non-hydrogen) atoms. The van der Waals surface area contributed by atoms with E-state index < -0.39 is 17.7 Å². The molecule has 3 rings (SSSR count). The van der Waals surface area contributed by atoms with Crippen molar-refractivity contribution < 1.29 is 23.1 Å². The minimum atomic E-state index is -4.44. The SMILES string of the molecule is CC(C=CC1=C(c2cc3c(cc2C(F)(F)F)C(C)(C)CCC3(C)C)CCCC1)=CC(=O)O. The Bertz CT molecular complexity index is 1000. The highest BCUT2D eigenvalue weighted by atomic mass is 19.4. The quantitative estimate of drug-likeness (QED) is 0.376. The van der Waals surface area contributed by atoms with Gasteiger partial charge in [-0.05, 0) is 95.8 Å². The number of hydrogen-bond donors (Lipinski definition) is 1. The average molecular weight is 447 g/mol. The molecule has 1 N–H and O–H groups in total. The van der Waals surface area contributed by atoms with Crippen LogP contribution in [0.4, 0.5) is 13.2 Å². The van der Waals surface area contributed by atoms with Crippen LogP contribution in [-0.4, -0.2) is 11.1 Å². The molecule has 2 nitrogen and oxygen atoms in total. The number of fused-ring (bicyclic) bond motifs is 1. The summed E-state index contributed by atoms with van der Waals surface area (Å²) >= 11 is 0. The standard InChI is InChI=1S/C27H33F3O2/c1-17(14-24(31)32)10-11-18-8-6-7-9-19(18)20-15-22-23(16-21(20)27(28,29)30)26(4,5)13-12-25(22,2)3/h10-11,14-16H,6-9,12-13H2,1-5H3,(H,31,32). The van der Waals surface area contributed by atoms with Gasteiger partial charge in [-0.25, -0.2) is 4.79 Å². The summed E-state index contributed by atoms with van der Waals surface area (Å²) in [7, 11) is 0. The number of halogens is 3. The van der Waals surface area contributed by atoms with Crippen LogP contribution in [0.15, 0.2) is 41.5 Å². The van der Waals surface area contributed by atoms with E-state index in [9.17, 15) is 18.0 Å². The van der Waals surface area contributed by atoms with Gasteiger partial charge in [0.1, 0.15) is 0 Å². The van der Waals surface area contributed by atoms with Gasteiger partial charge in [-0.15, -0.1) is 0 Å². The van der Waals surface area contributed by atoms with E-state index >= 15 is 0 Å². The van der Waals surface area contributed by atoms with Crippen LogP contribution in [0.3, 0.4) is 0 Å². The monoisotopic (exact) mass is 446 g/mol. The molecular formula is C27H33F3O2. The van der Waals surface area contributed by atoms with Crippen molar-refractivity contribution in [1.29, 1.82) is 0 Å². The Hall–Kier alpha value is -2.30. The molecular weight excluding hydrogens is 413 g/mol. The number of rotatable bonds is 4. The third kappa shape index (κ3) is 5.02. The van der Waals surface area contributed by atoms with E-state index in [2.05, 4.69) is 13.8 Å². The van der Waals surface area contributed by atoms with Gasteiger partial charge >= 0.3 is 12.1 Å². The third-order valence-electron chi connectivity index (χ3n) is 7.03. The second-order valence-electron chi connectivity index (χ2n) is 10.5. The average Bonchev–Trinajstić information content (AvgIpc) is 2.68. The van der Waals surface area contributed by atoms with E-state index in [4.69, 9.17) is 5.11 Å². The molecule has 0 saturated carbocycles. The summed E-state index contributed by atoms with van der Waals surface area (Å²) < 4.78 is 42.9. The molecule has 0 fully saturated rings. The minimum absolute atomic E-state index is 0.185. The highest BCUT2D eigenvalue weighted by Crippen LogP contribution is 2.50. The largest absolute Gasteiger partial charge is 0.478 e. The zero-order chi connectivity index (χ0) is 23.9. The second-order valence-corrected chi connectivity index (χ2v) is 10.5. The number of allylic oxidation sites excluding steroid dienone is 5. The Morgan fingerprint density at radius 3 is 2.12 bits per heavy atom. The number of benzene rings is 1. The fourth-order valence-electron chi connectivity index (χ4n) is 4.99. The second kappa shape index (κ2) is 8.57. The predicted molar refractivity (Wildman–Crippen MR) is 123 cm³/mol. The Balaban J connectivity index is 2.26. The summed E-state index contributed by atoms with van der Waals surface area (Å²) in [5, 5.41) is 8.93. The van der Waals surface area contributed by atoms with Crippen molar-refractivity contribution >= 4 is 11.5 Å². The van der Waals surface area contributed by atoms with Crippen LogP contribution in [0.1, 0.15) is 95.4 Å². The van der Waals surface area contributed by atoms with E-state index in [0.29, 0.717) is 24.0 Å². The topological polar surface area (TPSA) is 37.3 Å². The molecule has 0 bridgehead atoms. The van der Waals surface area contributed by atoms with Crippen LogP contribution >= 0.6 is 0 Å². The highest BCUT2D eigenvalue weighted by Gasteiger charge is 2.42. The van der Waals surface area contributed by atoms with Gasteiger partial charge in [0.2, 0.25) is 0 Å². The molecule has 174 valence electrons. The van der Waals surface area contributed by atoms with Crippen molar-refractivity contribution in [3.63, 3.8) is 0 Å². The van der Waals surface area contributed by atoms with Gasteiger partial charge in [0.05, 0.1) is 5.56 Å². The van der Waals surface area contributed by atoms with Gasteiger partial charge in [-0.3, -0.25) is 0 Å². The number of alkyl halides is 3. The van der Waals surface area contributed by atoms with E-state index in [1.807, 2.05) is 19.9 Å². The van der Waals surface area contributed by atoms with E-state index in [1.165, 1.54) is 6.07 Å². The van der Waals surface area contributed by atoms with Crippen LogP contribution < -0.4 is 0 Å². The summed E-state index contributed by atoms with van der Waals surface area (Å²) in [4.78, 5) is 10.9. The molecule has 0 saturated heterocycles. The van der Waals surface area contributed by atoms with Crippen molar-refractivity contribution in [3.8, 4) is 0 Å². The van der Waals surface area contributed by atoms with Gasteiger partial charge in [0.25, 0.3) is 0 Å². The third-order valence-corrected chi connectivity index (χ3v) is 7.03. The lowest BCUT2D eigenvalue weighted by atomic mass is 9.62. The molecule has 0 unspecified atom stereocenters. The molecule has 5 heteroatoms. The number of hydrogen-bond acceptors (Lipinski definition) is 1. The van der Waals surface area contributed by atoms with Gasteiger partial charge in [0.15, 0.2) is 0 Å². The Labute approximate surface area is 188 Å². The number of carboxylic acid groups (broad SMARTS) is 1. The first kappa shape index (κ1) is 24.3. The maximum Gasteiger partial charge on any atom is 0.417 e. The maximum atomic E-state index is 14.3.